The summed E-state index contributed by atoms with van der Waals surface area (Å²) in [5.41, 5.74) is 0. The molecule has 0 spiro atoms. The number of hydrogen-bond acceptors (Lipinski definition) is 2. The molecule has 72 valence electrons. The first kappa shape index (κ1) is 10.0. The van der Waals surface area contributed by atoms with E-state index in [2.05, 4.69) is 13.8 Å². The topological polar surface area (TPSA) is 18.5 Å². The Kier molecular flexibility index (Phi) is 4.02. The van der Waals surface area contributed by atoms with Crippen LogP contribution in [0, 0.1) is 5.92 Å². The maximum absolute atomic E-state index is 5.69. The molecular weight excluding hydrogens is 152 g/mol. The fraction of sp³-hybridized carbons (Fsp3) is 1.00. The van der Waals surface area contributed by atoms with Crippen LogP contribution in [0.15, 0.2) is 0 Å². The lowest BCUT2D eigenvalue weighted by Crippen LogP contribution is -2.33. The van der Waals surface area contributed by atoms with Crippen molar-refractivity contribution in [3.63, 3.8) is 0 Å². The quantitative estimate of drug-likeness (QED) is 0.651. The van der Waals surface area contributed by atoms with Crippen molar-refractivity contribution in [1.29, 1.82) is 0 Å². The Morgan fingerprint density at radius 2 is 2.00 bits per heavy atom. The maximum atomic E-state index is 5.69. The highest BCUT2D eigenvalue weighted by Crippen LogP contribution is 2.28. The molecule has 1 rings (SSSR count). The minimum atomic E-state index is 0.0497. The Hall–Kier alpha value is -0.0800. The van der Waals surface area contributed by atoms with Gasteiger partial charge in [-0.2, -0.15) is 0 Å². The van der Waals surface area contributed by atoms with Crippen molar-refractivity contribution in [3.05, 3.63) is 0 Å². The van der Waals surface area contributed by atoms with Gasteiger partial charge in [-0.3, -0.25) is 0 Å². The van der Waals surface area contributed by atoms with Crippen molar-refractivity contribution < 1.29 is 9.47 Å². The van der Waals surface area contributed by atoms with Crippen LogP contribution in [0.25, 0.3) is 0 Å². The fourth-order valence-electron chi connectivity index (χ4n) is 1.81. The van der Waals surface area contributed by atoms with Crippen LogP contribution in [0.5, 0.6) is 0 Å². The van der Waals surface area contributed by atoms with Crippen LogP contribution in [-0.2, 0) is 9.47 Å². The third-order valence-electron chi connectivity index (χ3n) is 2.76. The lowest BCUT2D eigenvalue weighted by atomic mass is 9.91. The molecule has 0 aromatic heterocycles. The van der Waals surface area contributed by atoms with E-state index >= 15 is 0 Å². The molecule has 0 saturated carbocycles. The van der Waals surface area contributed by atoms with Gasteiger partial charge in [-0.1, -0.05) is 20.3 Å². The normalized spacial score (nSPS) is 36.8. The third-order valence-corrected chi connectivity index (χ3v) is 2.76. The van der Waals surface area contributed by atoms with Crippen molar-refractivity contribution in [2.75, 3.05) is 7.11 Å². The molecule has 0 aromatic rings. The van der Waals surface area contributed by atoms with E-state index in [0.717, 1.165) is 18.8 Å². The molecule has 1 aliphatic heterocycles. The monoisotopic (exact) mass is 172 g/mol. The summed E-state index contributed by atoms with van der Waals surface area (Å²) in [6, 6.07) is 0. The molecule has 2 heteroatoms. The zero-order chi connectivity index (χ0) is 8.97. The predicted octanol–water partition coefficient (Wildman–Crippen LogP) is 2.57. The molecule has 1 fully saturated rings. The second kappa shape index (κ2) is 4.83. The van der Waals surface area contributed by atoms with Crippen LogP contribution < -0.4 is 0 Å². The Balaban J connectivity index is 2.41. The fourth-order valence-corrected chi connectivity index (χ4v) is 1.81. The van der Waals surface area contributed by atoms with Gasteiger partial charge in [-0.05, 0) is 18.8 Å². The van der Waals surface area contributed by atoms with Gasteiger partial charge in [0.2, 0.25) is 0 Å². The second-order valence-corrected chi connectivity index (χ2v) is 3.58. The van der Waals surface area contributed by atoms with Gasteiger partial charge in [-0.25, -0.2) is 0 Å². The molecule has 1 aliphatic rings. The van der Waals surface area contributed by atoms with Crippen LogP contribution in [-0.4, -0.2) is 19.5 Å². The number of hydrogen-bond donors (Lipinski definition) is 0. The number of ether oxygens (including phenoxy) is 2. The summed E-state index contributed by atoms with van der Waals surface area (Å²) in [6.45, 7) is 4.42. The van der Waals surface area contributed by atoms with Gasteiger partial charge in [-0.15, -0.1) is 0 Å². The van der Waals surface area contributed by atoms with Gasteiger partial charge in [0.05, 0.1) is 6.10 Å². The van der Waals surface area contributed by atoms with E-state index in [0.29, 0.717) is 6.10 Å². The molecule has 0 bridgehead atoms. The summed E-state index contributed by atoms with van der Waals surface area (Å²) < 4.78 is 10.9. The summed E-state index contributed by atoms with van der Waals surface area (Å²) in [5.74, 6) is 0.800. The van der Waals surface area contributed by atoms with Gasteiger partial charge < -0.3 is 9.47 Å². The van der Waals surface area contributed by atoms with Crippen molar-refractivity contribution >= 4 is 0 Å². The van der Waals surface area contributed by atoms with E-state index in [-0.39, 0.29) is 6.29 Å². The van der Waals surface area contributed by atoms with Gasteiger partial charge >= 0.3 is 0 Å². The molecule has 0 amide bonds. The Morgan fingerprint density at radius 1 is 1.25 bits per heavy atom. The first-order chi connectivity index (χ1) is 5.80. The van der Waals surface area contributed by atoms with Crippen LogP contribution in [0.3, 0.4) is 0 Å². The molecule has 12 heavy (non-hydrogen) atoms. The minimum Gasteiger partial charge on any atom is -0.356 e. The predicted molar refractivity (Wildman–Crippen MR) is 49.0 cm³/mol. The molecule has 1 heterocycles. The second-order valence-electron chi connectivity index (χ2n) is 3.58. The highest BCUT2D eigenvalue weighted by molar-refractivity contribution is 4.72. The van der Waals surface area contributed by atoms with Crippen LogP contribution >= 0.6 is 0 Å². The lowest BCUT2D eigenvalue weighted by molar-refractivity contribution is -0.193. The molecule has 0 aliphatic carbocycles. The highest BCUT2D eigenvalue weighted by Gasteiger charge is 2.26. The first-order valence-electron chi connectivity index (χ1n) is 4.98. The summed E-state index contributed by atoms with van der Waals surface area (Å²) in [4.78, 5) is 0. The summed E-state index contributed by atoms with van der Waals surface area (Å²) >= 11 is 0. The van der Waals surface area contributed by atoms with Crippen LogP contribution in [0.1, 0.15) is 39.5 Å². The molecule has 2 nitrogen and oxygen atoms in total. The average Bonchev–Trinajstić information content (AvgIpc) is 2.16. The van der Waals surface area contributed by atoms with Crippen LogP contribution in [0.2, 0.25) is 0 Å². The van der Waals surface area contributed by atoms with Gasteiger partial charge in [0.1, 0.15) is 0 Å². The SMILES string of the molecule is CCC1CC(CC)OC(OC)C1. The minimum absolute atomic E-state index is 0.0497. The van der Waals surface area contributed by atoms with E-state index in [1.54, 1.807) is 7.11 Å². The van der Waals surface area contributed by atoms with Crippen molar-refractivity contribution in [2.45, 2.75) is 51.9 Å². The van der Waals surface area contributed by atoms with Gasteiger partial charge in [0, 0.05) is 13.5 Å². The molecule has 0 radical (unpaired) electrons. The zero-order valence-corrected chi connectivity index (χ0v) is 8.38. The Morgan fingerprint density at radius 3 is 2.50 bits per heavy atom. The first-order valence-corrected chi connectivity index (χ1v) is 4.98. The lowest BCUT2D eigenvalue weighted by Gasteiger charge is -2.33. The van der Waals surface area contributed by atoms with Gasteiger partial charge in [0.25, 0.3) is 0 Å². The van der Waals surface area contributed by atoms with Crippen molar-refractivity contribution in [1.82, 2.24) is 0 Å². The van der Waals surface area contributed by atoms with E-state index < -0.39 is 0 Å². The third kappa shape index (κ3) is 2.46. The van der Waals surface area contributed by atoms with Gasteiger partial charge in [0.15, 0.2) is 6.29 Å². The summed E-state index contributed by atoms with van der Waals surface area (Å²) in [5, 5.41) is 0. The number of methoxy groups -OCH3 is 1. The maximum Gasteiger partial charge on any atom is 0.157 e. The van der Waals surface area contributed by atoms with E-state index in [1.165, 1.54) is 12.8 Å². The summed E-state index contributed by atoms with van der Waals surface area (Å²) in [7, 11) is 1.73. The van der Waals surface area contributed by atoms with E-state index in [9.17, 15) is 0 Å². The van der Waals surface area contributed by atoms with Crippen molar-refractivity contribution in [2.24, 2.45) is 5.92 Å². The summed E-state index contributed by atoms with van der Waals surface area (Å²) in [6.07, 6.45) is 5.12. The van der Waals surface area contributed by atoms with Crippen LogP contribution in [0.4, 0.5) is 0 Å². The molecule has 1 saturated heterocycles. The average molecular weight is 172 g/mol. The van der Waals surface area contributed by atoms with Crippen molar-refractivity contribution in [3.8, 4) is 0 Å². The molecule has 3 atom stereocenters. The molecule has 3 unspecified atom stereocenters. The zero-order valence-electron chi connectivity index (χ0n) is 8.38. The highest BCUT2D eigenvalue weighted by atomic mass is 16.7. The Labute approximate surface area is 75.2 Å². The number of rotatable bonds is 3. The molecule has 0 aromatic carbocycles. The molecule has 0 N–H and O–H groups in total. The van der Waals surface area contributed by atoms with E-state index in [1.807, 2.05) is 0 Å². The Bertz CT molecular complexity index is 95.2. The largest absolute Gasteiger partial charge is 0.356 e. The smallest absolute Gasteiger partial charge is 0.157 e. The molecular formula is C10H20O2. The van der Waals surface area contributed by atoms with E-state index in [4.69, 9.17) is 9.47 Å². The standard InChI is InChI=1S/C10H20O2/c1-4-8-6-9(5-2)12-10(7-8)11-3/h8-10H,4-7H2,1-3H3.